The molecule has 0 fully saturated rings. The molecule has 1 aliphatic heterocycles. The predicted molar refractivity (Wildman–Crippen MR) is 74.4 cm³/mol. The number of H-pyrrole nitrogens is 1. The molecule has 3 heteroatoms. The van der Waals surface area contributed by atoms with Crippen molar-refractivity contribution in [3.63, 3.8) is 0 Å². The molecule has 0 spiro atoms. The summed E-state index contributed by atoms with van der Waals surface area (Å²) >= 11 is 0. The fraction of sp³-hybridized carbons (Fsp3) is 0.333. The van der Waals surface area contributed by atoms with Gasteiger partial charge < -0.3 is 4.98 Å². The van der Waals surface area contributed by atoms with E-state index in [2.05, 4.69) is 23.0 Å². The second kappa shape index (κ2) is 4.41. The first kappa shape index (κ1) is 11.2. The number of aromatic nitrogens is 1. The number of rotatable bonds is 1. The van der Waals surface area contributed by atoms with E-state index in [0.29, 0.717) is 5.92 Å². The van der Waals surface area contributed by atoms with Gasteiger partial charge in [0.1, 0.15) is 0 Å². The quantitative estimate of drug-likeness (QED) is 0.818. The normalized spacial score (nSPS) is 19.8. The highest BCUT2D eigenvalue weighted by Gasteiger charge is 2.13. The van der Waals surface area contributed by atoms with E-state index in [-0.39, 0.29) is 5.56 Å². The molecule has 1 aromatic carbocycles. The minimum absolute atomic E-state index is 0.0564. The van der Waals surface area contributed by atoms with Gasteiger partial charge in [0.25, 0.3) is 0 Å². The molecule has 92 valence electrons. The summed E-state index contributed by atoms with van der Waals surface area (Å²) in [6, 6.07) is 9.56. The number of nitrogens with one attached hydrogen (secondary N) is 1. The second-order valence-electron chi connectivity index (χ2n) is 5.06. The minimum atomic E-state index is -0.0564. The highest BCUT2D eigenvalue weighted by atomic mass is 16.1. The Morgan fingerprint density at radius 3 is 2.94 bits per heavy atom. The monoisotopic (exact) mass is 240 g/mol. The Kier molecular flexibility index (Phi) is 2.74. The number of pyridine rings is 1. The second-order valence-corrected chi connectivity index (χ2v) is 5.06. The van der Waals surface area contributed by atoms with Crippen LogP contribution in [0.2, 0.25) is 0 Å². The average Bonchev–Trinajstić information content (AvgIpc) is 2.39. The van der Waals surface area contributed by atoms with E-state index in [1.807, 2.05) is 18.2 Å². The first-order chi connectivity index (χ1) is 8.72. The SMILES string of the molecule is CC1CCC(c2ccc3[nH]c(=O)ccc3c2)=NC1. The van der Waals surface area contributed by atoms with Crippen LogP contribution in [0.3, 0.4) is 0 Å². The molecule has 1 unspecified atom stereocenters. The van der Waals surface area contributed by atoms with Crippen molar-refractivity contribution in [2.45, 2.75) is 19.8 Å². The third kappa shape index (κ3) is 2.08. The summed E-state index contributed by atoms with van der Waals surface area (Å²) in [5, 5.41) is 1.06. The van der Waals surface area contributed by atoms with Crippen molar-refractivity contribution in [3.05, 3.63) is 46.2 Å². The van der Waals surface area contributed by atoms with Crippen LogP contribution in [0.25, 0.3) is 10.9 Å². The molecule has 0 aliphatic carbocycles. The van der Waals surface area contributed by atoms with Crippen LogP contribution in [-0.2, 0) is 0 Å². The van der Waals surface area contributed by atoms with E-state index in [9.17, 15) is 4.79 Å². The fourth-order valence-electron chi connectivity index (χ4n) is 2.39. The van der Waals surface area contributed by atoms with Gasteiger partial charge in [-0.05, 0) is 47.9 Å². The van der Waals surface area contributed by atoms with Gasteiger partial charge in [0.2, 0.25) is 5.56 Å². The van der Waals surface area contributed by atoms with Gasteiger partial charge in [-0.3, -0.25) is 9.79 Å². The third-order valence-corrected chi connectivity index (χ3v) is 3.52. The number of aliphatic imine (C=N–C) groups is 1. The lowest BCUT2D eigenvalue weighted by atomic mass is 9.95. The van der Waals surface area contributed by atoms with E-state index in [0.717, 1.165) is 23.9 Å². The first-order valence-electron chi connectivity index (χ1n) is 6.39. The molecule has 0 radical (unpaired) electrons. The molecule has 2 heterocycles. The summed E-state index contributed by atoms with van der Waals surface area (Å²) in [5.74, 6) is 0.700. The lowest BCUT2D eigenvalue weighted by Gasteiger charge is -2.17. The number of hydrogen-bond acceptors (Lipinski definition) is 2. The maximum Gasteiger partial charge on any atom is 0.248 e. The van der Waals surface area contributed by atoms with Crippen LogP contribution in [0.4, 0.5) is 0 Å². The molecule has 3 rings (SSSR count). The van der Waals surface area contributed by atoms with Gasteiger partial charge in [0.05, 0.1) is 0 Å². The van der Waals surface area contributed by atoms with Crippen LogP contribution in [0.15, 0.2) is 40.1 Å². The molecule has 1 aliphatic rings. The number of fused-ring (bicyclic) bond motifs is 1. The Morgan fingerprint density at radius 2 is 2.17 bits per heavy atom. The van der Waals surface area contributed by atoms with E-state index in [1.54, 1.807) is 6.07 Å². The zero-order valence-electron chi connectivity index (χ0n) is 10.4. The topological polar surface area (TPSA) is 45.2 Å². The van der Waals surface area contributed by atoms with Crippen LogP contribution in [0.5, 0.6) is 0 Å². The molecule has 18 heavy (non-hydrogen) atoms. The van der Waals surface area contributed by atoms with Crippen LogP contribution >= 0.6 is 0 Å². The summed E-state index contributed by atoms with van der Waals surface area (Å²) in [5.41, 5.74) is 3.21. The van der Waals surface area contributed by atoms with E-state index in [4.69, 9.17) is 0 Å². The number of nitrogens with zero attached hydrogens (tertiary/aromatic N) is 1. The van der Waals surface area contributed by atoms with Gasteiger partial charge in [-0.25, -0.2) is 0 Å². The third-order valence-electron chi connectivity index (χ3n) is 3.52. The van der Waals surface area contributed by atoms with Crippen molar-refractivity contribution in [3.8, 4) is 0 Å². The lowest BCUT2D eigenvalue weighted by molar-refractivity contribution is 0.538. The highest BCUT2D eigenvalue weighted by Crippen LogP contribution is 2.20. The van der Waals surface area contributed by atoms with E-state index < -0.39 is 0 Å². The highest BCUT2D eigenvalue weighted by molar-refractivity contribution is 6.03. The molecular formula is C15H16N2O. The van der Waals surface area contributed by atoms with Gasteiger partial charge in [0.15, 0.2) is 0 Å². The van der Waals surface area contributed by atoms with Crippen LogP contribution in [0.1, 0.15) is 25.3 Å². The molecule has 3 nitrogen and oxygen atoms in total. The van der Waals surface area contributed by atoms with Crippen molar-refractivity contribution in [1.82, 2.24) is 4.98 Å². The van der Waals surface area contributed by atoms with Crippen molar-refractivity contribution >= 4 is 16.6 Å². The van der Waals surface area contributed by atoms with Crippen LogP contribution in [-0.4, -0.2) is 17.2 Å². The molecular weight excluding hydrogens is 224 g/mol. The fourth-order valence-corrected chi connectivity index (χ4v) is 2.39. The minimum Gasteiger partial charge on any atom is -0.322 e. The largest absolute Gasteiger partial charge is 0.322 e. The lowest BCUT2D eigenvalue weighted by Crippen LogP contribution is -2.14. The Morgan fingerprint density at radius 1 is 1.28 bits per heavy atom. The van der Waals surface area contributed by atoms with Crippen molar-refractivity contribution in [2.24, 2.45) is 10.9 Å². The summed E-state index contributed by atoms with van der Waals surface area (Å²) in [7, 11) is 0. The van der Waals surface area contributed by atoms with Gasteiger partial charge in [0, 0.05) is 23.8 Å². The number of benzene rings is 1. The Hall–Kier alpha value is -1.90. The predicted octanol–water partition coefficient (Wildman–Crippen LogP) is 2.75. The zero-order valence-corrected chi connectivity index (χ0v) is 10.4. The maximum absolute atomic E-state index is 11.2. The molecule has 1 aromatic heterocycles. The summed E-state index contributed by atoms with van der Waals surface area (Å²) in [4.78, 5) is 18.7. The van der Waals surface area contributed by atoms with E-state index >= 15 is 0 Å². The zero-order chi connectivity index (χ0) is 12.5. The summed E-state index contributed by atoms with van der Waals surface area (Å²) < 4.78 is 0. The average molecular weight is 240 g/mol. The molecule has 0 saturated heterocycles. The Labute approximate surface area is 106 Å². The van der Waals surface area contributed by atoms with Gasteiger partial charge in [-0.2, -0.15) is 0 Å². The van der Waals surface area contributed by atoms with Crippen LogP contribution < -0.4 is 5.56 Å². The molecule has 1 N–H and O–H groups in total. The first-order valence-corrected chi connectivity index (χ1v) is 6.39. The maximum atomic E-state index is 11.2. The number of hydrogen-bond donors (Lipinski definition) is 1. The standard InChI is InChI=1S/C15H16N2O/c1-10-2-5-13(16-9-10)11-3-6-14-12(8-11)4-7-15(18)17-14/h3-4,6-8,10H,2,5,9H2,1H3,(H,17,18). The molecule has 0 bridgehead atoms. The Balaban J connectivity index is 2.03. The summed E-state index contributed by atoms with van der Waals surface area (Å²) in [6.45, 7) is 3.17. The smallest absolute Gasteiger partial charge is 0.248 e. The van der Waals surface area contributed by atoms with Gasteiger partial charge in [-0.1, -0.05) is 13.0 Å². The van der Waals surface area contributed by atoms with Crippen molar-refractivity contribution < 1.29 is 0 Å². The van der Waals surface area contributed by atoms with Crippen molar-refractivity contribution in [2.75, 3.05) is 6.54 Å². The van der Waals surface area contributed by atoms with Gasteiger partial charge >= 0.3 is 0 Å². The summed E-state index contributed by atoms with van der Waals surface area (Å²) in [6.07, 6.45) is 2.26. The molecule has 1 atom stereocenters. The Bertz CT molecular complexity index is 669. The molecule has 0 saturated carbocycles. The van der Waals surface area contributed by atoms with E-state index in [1.165, 1.54) is 17.7 Å². The van der Waals surface area contributed by atoms with Crippen molar-refractivity contribution in [1.29, 1.82) is 0 Å². The molecule has 0 amide bonds. The van der Waals surface area contributed by atoms with Crippen LogP contribution in [0, 0.1) is 5.92 Å². The number of aromatic amines is 1. The molecule has 2 aromatic rings. The van der Waals surface area contributed by atoms with Gasteiger partial charge in [-0.15, -0.1) is 0 Å².